The minimum Gasteiger partial charge on any atom is -0.481 e. The maximum atomic E-state index is 11.4. The quantitative estimate of drug-likeness (QED) is 0.594. The van der Waals surface area contributed by atoms with Crippen LogP contribution in [0.4, 0.5) is 4.79 Å². The fourth-order valence-corrected chi connectivity index (χ4v) is 1.15. The van der Waals surface area contributed by atoms with Crippen LogP contribution in [0.1, 0.15) is 34.1 Å². The molecule has 0 fully saturated rings. The summed E-state index contributed by atoms with van der Waals surface area (Å²) < 4.78 is 5.20. The highest BCUT2D eigenvalue weighted by atomic mass is 16.5. The van der Waals surface area contributed by atoms with E-state index in [2.05, 4.69) is 10.6 Å². The van der Waals surface area contributed by atoms with Crippen molar-refractivity contribution >= 4 is 17.9 Å². The first-order valence-corrected chi connectivity index (χ1v) is 6.08. The average molecular weight is 274 g/mol. The lowest BCUT2D eigenvalue weighted by Crippen LogP contribution is -2.43. The lowest BCUT2D eigenvalue weighted by Gasteiger charge is -2.17. The number of nitrogens with one attached hydrogen (secondary N) is 2. The van der Waals surface area contributed by atoms with Gasteiger partial charge in [-0.3, -0.25) is 14.9 Å². The van der Waals surface area contributed by atoms with Crippen molar-refractivity contribution in [2.24, 2.45) is 5.41 Å². The Labute approximate surface area is 112 Å². The van der Waals surface area contributed by atoms with Crippen molar-refractivity contribution in [2.45, 2.75) is 40.2 Å². The van der Waals surface area contributed by atoms with Gasteiger partial charge in [0.15, 0.2) is 0 Å². The van der Waals surface area contributed by atoms with Crippen LogP contribution in [0.15, 0.2) is 0 Å². The minimum absolute atomic E-state index is 0.0721. The Bertz CT molecular complexity index is 339. The van der Waals surface area contributed by atoms with Gasteiger partial charge >= 0.3 is 12.0 Å². The smallest absolute Gasteiger partial charge is 0.321 e. The molecule has 7 heteroatoms. The fraction of sp³-hybridized carbons (Fsp3) is 0.750. The molecule has 110 valence electrons. The largest absolute Gasteiger partial charge is 0.481 e. The topological polar surface area (TPSA) is 105 Å². The number of amides is 3. The molecular weight excluding hydrogens is 252 g/mol. The van der Waals surface area contributed by atoms with Crippen LogP contribution >= 0.6 is 0 Å². The zero-order valence-corrected chi connectivity index (χ0v) is 11.8. The summed E-state index contributed by atoms with van der Waals surface area (Å²) in [6.45, 7) is 7.21. The van der Waals surface area contributed by atoms with Gasteiger partial charge in [-0.2, -0.15) is 0 Å². The second kappa shape index (κ2) is 7.73. The summed E-state index contributed by atoms with van der Waals surface area (Å²) >= 11 is 0. The second-order valence-corrected chi connectivity index (χ2v) is 5.09. The molecule has 0 radical (unpaired) electrons. The van der Waals surface area contributed by atoms with Crippen LogP contribution in [-0.2, 0) is 14.3 Å². The van der Waals surface area contributed by atoms with Gasteiger partial charge < -0.3 is 15.2 Å². The molecule has 0 saturated heterocycles. The van der Waals surface area contributed by atoms with Crippen LogP contribution in [0.25, 0.3) is 0 Å². The van der Waals surface area contributed by atoms with Crippen LogP contribution in [0, 0.1) is 5.41 Å². The third-order valence-electron chi connectivity index (χ3n) is 2.27. The van der Waals surface area contributed by atoms with Crippen molar-refractivity contribution in [1.82, 2.24) is 10.6 Å². The highest BCUT2D eigenvalue weighted by Crippen LogP contribution is 2.19. The van der Waals surface area contributed by atoms with Gasteiger partial charge in [0, 0.05) is 13.0 Å². The standard InChI is InChI=1S/C12H22N2O5/c1-8(2)19-6-5-13-11(18)14-9(15)7-12(3,4)10(16)17/h8H,5-7H2,1-4H3,(H,16,17)(H2,13,14,15,18). The van der Waals surface area contributed by atoms with Crippen LogP contribution in [0.5, 0.6) is 0 Å². The van der Waals surface area contributed by atoms with Crippen molar-refractivity contribution in [1.29, 1.82) is 0 Å². The molecule has 0 bridgehead atoms. The van der Waals surface area contributed by atoms with E-state index in [0.29, 0.717) is 6.61 Å². The van der Waals surface area contributed by atoms with Gasteiger partial charge in [0.1, 0.15) is 0 Å². The number of aliphatic carboxylic acids is 1. The molecule has 0 unspecified atom stereocenters. The maximum absolute atomic E-state index is 11.4. The molecular formula is C12H22N2O5. The normalized spacial score (nSPS) is 11.2. The molecule has 0 aromatic rings. The molecule has 0 saturated carbocycles. The highest BCUT2D eigenvalue weighted by Gasteiger charge is 2.30. The molecule has 0 aromatic heterocycles. The Kier molecular flexibility index (Phi) is 7.06. The van der Waals surface area contributed by atoms with Crippen LogP contribution in [0.3, 0.4) is 0 Å². The van der Waals surface area contributed by atoms with Crippen molar-refractivity contribution in [3.8, 4) is 0 Å². The van der Waals surface area contributed by atoms with Gasteiger partial charge in [0.25, 0.3) is 0 Å². The molecule has 0 aromatic carbocycles. The van der Waals surface area contributed by atoms with Crippen molar-refractivity contribution in [2.75, 3.05) is 13.2 Å². The van der Waals surface area contributed by atoms with E-state index in [1.165, 1.54) is 13.8 Å². The summed E-state index contributed by atoms with van der Waals surface area (Å²) in [6.07, 6.45) is -0.194. The van der Waals surface area contributed by atoms with Gasteiger partial charge in [0.2, 0.25) is 5.91 Å². The molecule has 0 aliphatic rings. The van der Waals surface area contributed by atoms with Crippen LogP contribution in [-0.4, -0.2) is 42.3 Å². The molecule has 19 heavy (non-hydrogen) atoms. The first kappa shape index (κ1) is 17.4. The highest BCUT2D eigenvalue weighted by molar-refractivity contribution is 5.96. The van der Waals surface area contributed by atoms with Crippen LogP contribution < -0.4 is 10.6 Å². The predicted octanol–water partition coefficient (Wildman–Crippen LogP) is 0.738. The van der Waals surface area contributed by atoms with Crippen molar-refractivity contribution < 1.29 is 24.2 Å². The number of carboxylic acids is 1. The number of imide groups is 1. The molecule has 3 amide bonds. The second-order valence-electron chi connectivity index (χ2n) is 5.09. The SMILES string of the molecule is CC(C)OCCNC(=O)NC(=O)CC(C)(C)C(=O)O. The Hall–Kier alpha value is -1.63. The van der Waals surface area contributed by atoms with E-state index in [-0.39, 0.29) is 19.1 Å². The van der Waals surface area contributed by atoms with E-state index in [0.717, 1.165) is 0 Å². The Morgan fingerprint density at radius 2 is 1.84 bits per heavy atom. The van der Waals surface area contributed by atoms with E-state index in [1.807, 2.05) is 13.8 Å². The third-order valence-corrected chi connectivity index (χ3v) is 2.27. The zero-order valence-electron chi connectivity index (χ0n) is 11.8. The Morgan fingerprint density at radius 3 is 2.32 bits per heavy atom. The number of hydrogen-bond donors (Lipinski definition) is 3. The number of ether oxygens (including phenoxy) is 1. The number of carbonyl (C=O) groups excluding carboxylic acids is 2. The summed E-state index contributed by atoms with van der Waals surface area (Å²) in [7, 11) is 0. The van der Waals surface area contributed by atoms with E-state index in [9.17, 15) is 14.4 Å². The van der Waals surface area contributed by atoms with Gasteiger partial charge in [-0.25, -0.2) is 4.79 Å². The number of carbonyl (C=O) groups is 3. The molecule has 0 aliphatic heterocycles. The van der Waals surface area contributed by atoms with Gasteiger partial charge in [0.05, 0.1) is 18.1 Å². The summed E-state index contributed by atoms with van der Waals surface area (Å²) in [5.74, 6) is -1.72. The molecule has 0 aliphatic carbocycles. The number of hydrogen-bond acceptors (Lipinski definition) is 4. The summed E-state index contributed by atoms with van der Waals surface area (Å²) in [6, 6.07) is -0.654. The van der Waals surface area contributed by atoms with Gasteiger partial charge in [-0.1, -0.05) is 0 Å². The molecule has 0 rings (SSSR count). The predicted molar refractivity (Wildman–Crippen MR) is 68.7 cm³/mol. The van der Waals surface area contributed by atoms with Crippen LogP contribution in [0.2, 0.25) is 0 Å². The summed E-state index contributed by atoms with van der Waals surface area (Å²) in [5.41, 5.74) is -1.20. The van der Waals surface area contributed by atoms with Gasteiger partial charge in [-0.05, 0) is 27.7 Å². The number of urea groups is 1. The lowest BCUT2D eigenvalue weighted by atomic mass is 9.89. The summed E-state index contributed by atoms with van der Waals surface area (Å²) in [5, 5.41) is 13.4. The van der Waals surface area contributed by atoms with E-state index in [4.69, 9.17) is 9.84 Å². The van der Waals surface area contributed by atoms with Gasteiger partial charge in [-0.15, -0.1) is 0 Å². The zero-order chi connectivity index (χ0) is 15.1. The van der Waals surface area contributed by atoms with Crippen molar-refractivity contribution in [3.05, 3.63) is 0 Å². The molecule has 0 spiro atoms. The Balaban J connectivity index is 3.94. The third kappa shape index (κ3) is 8.15. The maximum Gasteiger partial charge on any atom is 0.321 e. The first-order valence-electron chi connectivity index (χ1n) is 6.08. The first-order chi connectivity index (χ1) is 8.65. The molecule has 0 heterocycles. The average Bonchev–Trinajstić information content (AvgIpc) is 2.22. The molecule has 3 N–H and O–H groups in total. The lowest BCUT2D eigenvalue weighted by molar-refractivity contribution is -0.149. The fourth-order valence-electron chi connectivity index (χ4n) is 1.15. The number of carboxylic acid groups (broad SMARTS) is 1. The van der Waals surface area contributed by atoms with E-state index < -0.39 is 23.3 Å². The van der Waals surface area contributed by atoms with Crippen molar-refractivity contribution in [3.63, 3.8) is 0 Å². The monoisotopic (exact) mass is 274 g/mol. The van der Waals surface area contributed by atoms with E-state index in [1.54, 1.807) is 0 Å². The van der Waals surface area contributed by atoms with E-state index >= 15 is 0 Å². The molecule has 0 atom stereocenters. The summed E-state index contributed by atoms with van der Waals surface area (Å²) in [4.78, 5) is 33.6. The Morgan fingerprint density at radius 1 is 1.26 bits per heavy atom. The number of rotatable bonds is 7. The molecule has 7 nitrogen and oxygen atoms in total. The minimum atomic E-state index is -1.20.